The number of benzene rings is 1. The minimum absolute atomic E-state index is 0. The lowest BCUT2D eigenvalue weighted by Gasteiger charge is -2.50. The third kappa shape index (κ3) is 4.24. The fourth-order valence-corrected chi connectivity index (χ4v) is 5.58. The van der Waals surface area contributed by atoms with Crippen LogP contribution in [0.15, 0.2) is 36.7 Å². The molecule has 1 atom stereocenters. The van der Waals surface area contributed by atoms with Crippen LogP contribution in [-0.4, -0.2) is 63.8 Å². The van der Waals surface area contributed by atoms with E-state index >= 15 is 0 Å². The Morgan fingerprint density at radius 2 is 1.94 bits per heavy atom. The van der Waals surface area contributed by atoms with Gasteiger partial charge in [0.1, 0.15) is 0 Å². The van der Waals surface area contributed by atoms with Crippen molar-refractivity contribution in [1.82, 2.24) is 14.9 Å². The van der Waals surface area contributed by atoms with Gasteiger partial charge in [-0.3, -0.25) is 4.79 Å². The van der Waals surface area contributed by atoms with Crippen LogP contribution >= 0.6 is 0 Å². The molecule has 0 bridgehead atoms. The van der Waals surface area contributed by atoms with Crippen LogP contribution in [-0.2, 0) is 10.3 Å². The van der Waals surface area contributed by atoms with Crippen LogP contribution in [0.25, 0.3) is 0 Å². The highest BCUT2D eigenvalue weighted by molar-refractivity contribution is 5.94. The van der Waals surface area contributed by atoms with Crippen molar-refractivity contribution in [3.63, 3.8) is 0 Å². The number of carbonyl (C=O) groups is 1. The second-order valence-corrected chi connectivity index (χ2v) is 9.97. The Morgan fingerprint density at radius 3 is 2.55 bits per heavy atom. The van der Waals surface area contributed by atoms with E-state index in [9.17, 15) is 9.90 Å². The van der Waals surface area contributed by atoms with Crippen LogP contribution in [0.5, 0.6) is 0 Å². The summed E-state index contributed by atoms with van der Waals surface area (Å²) in [6, 6.07) is 7.60. The number of hydrogen-bond acceptors (Lipinski definition) is 6. The van der Waals surface area contributed by atoms with Gasteiger partial charge < -0.3 is 19.6 Å². The number of amides is 1. The lowest BCUT2D eigenvalue weighted by Crippen LogP contribution is -2.60. The van der Waals surface area contributed by atoms with Gasteiger partial charge >= 0.3 is 0 Å². The SMILES string of the molecule is CCC1CN(c2ncccn2)CC2(CCN(C(=O)c3ccc(C4(O)CCC4)c(C)c3)CC2)O1.[HH]. The van der Waals surface area contributed by atoms with Crippen molar-refractivity contribution in [1.29, 1.82) is 0 Å². The average Bonchev–Trinajstić information content (AvgIpc) is 2.83. The van der Waals surface area contributed by atoms with Gasteiger partial charge in [0.2, 0.25) is 5.95 Å². The molecule has 1 amide bonds. The quantitative estimate of drug-likeness (QED) is 0.762. The minimum atomic E-state index is -0.703. The summed E-state index contributed by atoms with van der Waals surface area (Å²) in [4.78, 5) is 26.4. The van der Waals surface area contributed by atoms with Gasteiger partial charge in [0.25, 0.3) is 5.91 Å². The van der Waals surface area contributed by atoms with Crippen molar-refractivity contribution in [3.05, 3.63) is 53.3 Å². The van der Waals surface area contributed by atoms with Crippen molar-refractivity contribution in [2.75, 3.05) is 31.1 Å². The van der Waals surface area contributed by atoms with Gasteiger partial charge in [-0.1, -0.05) is 13.0 Å². The minimum Gasteiger partial charge on any atom is -0.385 e. The Bertz CT molecular complexity index is 1010. The van der Waals surface area contributed by atoms with Crippen LogP contribution in [0, 0.1) is 6.92 Å². The third-order valence-corrected chi connectivity index (χ3v) is 7.73. The predicted octanol–water partition coefficient (Wildman–Crippen LogP) is 3.69. The summed E-state index contributed by atoms with van der Waals surface area (Å²) >= 11 is 0. The number of aliphatic hydroxyl groups is 1. The highest BCUT2D eigenvalue weighted by Gasteiger charge is 2.44. The number of aryl methyl sites for hydroxylation is 1. The van der Waals surface area contributed by atoms with Crippen LogP contribution in [0.3, 0.4) is 0 Å². The summed E-state index contributed by atoms with van der Waals surface area (Å²) in [5.41, 5.74) is 1.68. The van der Waals surface area contributed by atoms with Crippen LogP contribution in [0.2, 0.25) is 0 Å². The number of anilines is 1. The monoisotopic (exact) mass is 452 g/mol. The number of likely N-dealkylation sites (tertiary alicyclic amines) is 1. The van der Waals surface area contributed by atoms with Gasteiger partial charge in [0.15, 0.2) is 0 Å². The molecule has 178 valence electrons. The molecule has 1 aliphatic carbocycles. The standard InChI is InChI=1S/C26H34N4O3.H2/c1-3-21-17-30(24-27-12-5-13-28-24)18-25(33-21)10-14-29(15-11-25)23(31)20-6-7-22(19(2)16-20)26(32)8-4-9-26;/h5-7,12-13,16,21,32H,3-4,8-11,14-15,17-18H2,1-2H3;1H. The molecule has 3 heterocycles. The van der Waals surface area contributed by atoms with Gasteiger partial charge in [-0.2, -0.15) is 0 Å². The number of piperidine rings is 1. The predicted molar refractivity (Wildman–Crippen MR) is 128 cm³/mol. The maximum atomic E-state index is 13.3. The number of nitrogens with zero attached hydrogens (tertiary/aromatic N) is 4. The second kappa shape index (κ2) is 8.69. The van der Waals surface area contributed by atoms with Crippen LogP contribution in [0.1, 0.15) is 68.4 Å². The molecule has 1 unspecified atom stereocenters. The molecule has 1 aromatic carbocycles. The van der Waals surface area contributed by atoms with Crippen molar-refractivity contribution < 1.29 is 16.1 Å². The smallest absolute Gasteiger partial charge is 0.253 e. The first-order chi connectivity index (χ1) is 15.9. The molecule has 2 aromatic rings. The van der Waals surface area contributed by atoms with E-state index in [1.807, 2.05) is 36.1 Å². The van der Waals surface area contributed by atoms with E-state index < -0.39 is 5.60 Å². The topological polar surface area (TPSA) is 78.8 Å². The first-order valence-corrected chi connectivity index (χ1v) is 12.2. The third-order valence-electron chi connectivity index (χ3n) is 7.73. The van der Waals surface area contributed by atoms with Crippen molar-refractivity contribution in [2.24, 2.45) is 0 Å². The van der Waals surface area contributed by atoms with Gasteiger partial charge in [0.05, 0.1) is 23.9 Å². The molecular weight excluding hydrogens is 416 g/mol. The van der Waals surface area contributed by atoms with E-state index in [0.29, 0.717) is 18.7 Å². The number of morpholine rings is 1. The molecule has 1 N–H and O–H groups in total. The molecule has 1 aromatic heterocycles. The van der Waals surface area contributed by atoms with Gasteiger partial charge in [-0.25, -0.2) is 9.97 Å². The van der Waals surface area contributed by atoms with Gasteiger partial charge in [-0.15, -0.1) is 0 Å². The summed E-state index contributed by atoms with van der Waals surface area (Å²) in [7, 11) is 0. The molecule has 7 nitrogen and oxygen atoms in total. The molecule has 2 saturated heterocycles. The first kappa shape index (κ1) is 22.3. The molecule has 1 spiro atoms. The zero-order chi connectivity index (χ0) is 23.1. The maximum absolute atomic E-state index is 13.3. The van der Waals surface area contributed by atoms with Crippen molar-refractivity contribution in [2.45, 2.75) is 69.7 Å². The van der Waals surface area contributed by atoms with Crippen LogP contribution < -0.4 is 4.90 Å². The molecule has 5 rings (SSSR count). The number of hydrogen-bond donors (Lipinski definition) is 1. The number of ether oxygens (including phenoxy) is 1. The molecule has 7 heteroatoms. The van der Waals surface area contributed by atoms with Gasteiger partial charge in [-0.05, 0) is 74.8 Å². The highest BCUT2D eigenvalue weighted by atomic mass is 16.5. The maximum Gasteiger partial charge on any atom is 0.253 e. The van der Waals surface area contributed by atoms with E-state index in [0.717, 1.165) is 68.7 Å². The number of aromatic nitrogens is 2. The lowest BCUT2D eigenvalue weighted by atomic mass is 9.73. The zero-order valence-corrected chi connectivity index (χ0v) is 19.7. The fraction of sp³-hybridized carbons (Fsp3) is 0.577. The summed E-state index contributed by atoms with van der Waals surface area (Å²) in [5.74, 6) is 0.812. The lowest BCUT2D eigenvalue weighted by molar-refractivity contribution is -0.130. The van der Waals surface area contributed by atoms with E-state index in [1.54, 1.807) is 12.4 Å². The Kier molecular flexibility index (Phi) is 5.87. The van der Waals surface area contributed by atoms with Crippen molar-refractivity contribution in [3.8, 4) is 0 Å². The Hall–Kier alpha value is -2.51. The fourth-order valence-electron chi connectivity index (χ4n) is 5.58. The average molecular weight is 453 g/mol. The highest BCUT2D eigenvalue weighted by Crippen LogP contribution is 2.42. The summed E-state index contributed by atoms with van der Waals surface area (Å²) in [5, 5.41) is 10.7. The van der Waals surface area contributed by atoms with Crippen LogP contribution in [0.4, 0.5) is 5.95 Å². The summed E-state index contributed by atoms with van der Waals surface area (Å²) in [6.07, 6.45) is 8.90. The van der Waals surface area contributed by atoms with Gasteiger partial charge in [0, 0.05) is 39.0 Å². The molecule has 2 aliphatic heterocycles. The normalized spacial score (nSPS) is 23.9. The van der Waals surface area contributed by atoms with E-state index in [1.165, 1.54) is 0 Å². The van der Waals surface area contributed by atoms with E-state index in [-0.39, 0.29) is 19.0 Å². The first-order valence-electron chi connectivity index (χ1n) is 12.2. The Balaban J connectivity index is 0.00000274. The Labute approximate surface area is 197 Å². The molecular formula is C26H36N4O3. The molecule has 33 heavy (non-hydrogen) atoms. The summed E-state index contributed by atoms with van der Waals surface area (Å²) < 4.78 is 6.58. The Morgan fingerprint density at radius 1 is 1.21 bits per heavy atom. The second-order valence-electron chi connectivity index (χ2n) is 9.97. The zero-order valence-electron chi connectivity index (χ0n) is 19.7. The molecule has 3 fully saturated rings. The number of rotatable bonds is 4. The largest absolute Gasteiger partial charge is 0.385 e. The van der Waals surface area contributed by atoms with E-state index in [2.05, 4.69) is 21.8 Å². The number of carbonyl (C=O) groups excluding carboxylic acids is 1. The molecule has 3 aliphatic rings. The van der Waals surface area contributed by atoms with E-state index in [4.69, 9.17) is 4.74 Å². The van der Waals surface area contributed by atoms with Crippen molar-refractivity contribution >= 4 is 11.9 Å². The summed E-state index contributed by atoms with van der Waals surface area (Å²) in [6.45, 7) is 7.03. The molecule has 1 saturated carbocycles. The molecule has 0 radical (unpaired) electrons.